The number of aliphatic carboxylic acids is 1. The van der Waals surface area contributed by atoms with Gasteiger partial charge in [0.25, 0.3) is 0 Å². The summed E-state index contributed by atoms with van der Waals surface area (Å²) in [4.78, 5) is 23.3. The van der Waals surface area contributed by atoms with Gasteiger partial charge in [0.05, 0.1) is 6.42 Å². The first kappa shape index (κ1) is 20.2. The van der Waals surface area contributed by atoms with Crippen LogP contribution in [0.2, 0.25) is 0 Å². The molecule has 5 heteroatoms. The van der Waals surface area contributed by atoms with E-state index in [2.05, 4.69) is 31.4 Å². The first-order valence-electron chi connectivity index (χ1n) is 8.77. The van der Waals surface area contributed by atoms with Crippen molar-refractivity contribution >= 4 is 17.6 Å². The van der Waals surface area contributed by atoms with E-state index in [1.165, 1.54) is 5.56 Å². The summed E-state index contributed by atoms with van der Waals surface area (Å²) in [7, 11) is 0. The second kappa shape index (κ2) is 10.8. The maximum absolute atomic E-state index is 12.1. The van der Waals surface area contributed by atoms with E-state index in [1.807, 2.05) is 24.3 Å². The molecule has 1 rings (SSSR count). The Labute approximate surface area is 144 Å². The van der Waals surface area contributed by atoms with Gasteiger partial charge in [-0.05, 0) is 49.4 Å². The minimum Gasteiger partial charge on any atom is -0.480 e. The van der Waals surface area contributed by atoms with Crippen molar-refractivity contribution in [2.24, 2.45) is 5.92 Å². The minimum atomic E-state index is -0.996. The topological polar surface area (TPSA) is 78.4 Å². The number of rotatable bonds is 11. The number of hydrogen-bond acceptors (Lipinski definition) is 3. The molecule has 134 valence electrons. The van der Waals surface area contributed by atoms with Crippen molar-refractivity contribution in [2.75, 3.05) is 11.9 Å². The van der Waals surface area contributed by atoms with Crippen LogP contribution < -0.4 is 10.6 Å². The zero-order valence-corrected chi connectivity index (χ0v) is 15.0. The van der Waals surface area contributed by atoms with E-state index >= 15 is 0 Å². The van der Waals surface area contributed by atoms with Gasteiger partial charge in [-0.25, -0.2) is 0 Å². The highest BCUT2D eigenvalue weighted by Crippen LogP contribution is 2.12. The fraction of sp³-hybridized carbons (Fsp3) is 0.579. The van der Waals surface area contributed by atoms with Crippen molar-refractivity contribution in [3.63, 3.8) is 0 Å². The van der Waals surface area contributed by atoms with E-state index in [0.717, 1.165) is 25.7 Å². The molecule has 0 saturated heterocycles. The second-order valence-electron chi connectivity index (χ2n) is 6.58. The molecule has 0 spiro atoms. The zero-order valence-electron chi connectivity index (χ0n) is 15.0. The number of hydrogen-bond donors (Lipinski definition) is 3. The summed E-state index contributed by atoms with van der Waals surface area (Å²) >= 11 is 0. The zero-order chi connectivity index (χ0) is 17.9. The Balaban J connectivity index is 2.48. The Morgan fingerprint density at radius 2 is 1.83 bits per heavy atom. The molecule has 0 heterocycles. The van der Waals surface area contributed by atoms with Gasteiger partial charge >= 0.3 is 5.97 Å². The molecule has 3 N–H and O–H groups in total. The number of aryl methyl sites for hydroxylation is 1. The molecule has 0 fully saturated rings. The summed E-state index contributed by atoms with van der Waals surface area (Å²) < 4.78 is 0. The third kappa shape index (κ3) is 8.11. The molecule has 0 bridgehead atoms. The molecule has 5 nitrogen and oxygen atoms in total. The lowest BCUT2D eigenvalue weighted by molar-refractivity contribution is -0.141. The van der Waals surface area contributed by atoms with E-state index in [1.54, 1.807) is 0 Å². The van der Waals surface area contributed by atoms with E-state index in [9.17, 15) is 14.7 Å². The second-order valence-corrected chi connectivity index (χ2v) is 6.58. The Bertz CT molecular complexity index is 512. The number of nitrogens with one attached hydrogen (secondary N) is 2. The quantitative estimate of drug-likeness (QED) is 0.579. The molecule has 0 aliphatic heterocycles. The van der Waals surface area contributed by atoms with Crippen LogP contribution in [0.15, 0.2) is 24.3 Å². The lowest BCUT2D eigenvalue weighted by atomic mass is 10.1. The van der Waals surface area contributed by atoms with Crippen molar-refractivity contribution in [2.45, 2.75) is 58.9 Å². The summed E-state index contributed by atoms with van der Waals surface area (Å²) in [6, 6.07) is 6.88. The molecule has 0 saturated carbocycles. The highest BCUT2D eigenvalue weighted by atomic mass is 16.4. The molecule has 1 unspecified atom stereocenters. The minimum absolute atomic E-state index is 0.0784. The molecule has 0 radical (unpaired) electrons. The lowest BCUT2D eigenvalue weighted by Crippen LogP contribution is -2.40. The van der Waals surface area contributed by atoms with Crippen LogP contribution in [-0.2, 0) is 16.0 Å². The van der Waals surface area contributed by atoms with Gasteiger partial charge in [-0.15, -0.1) is 0 Å². The third-order valence-corrected chi connectivity index (χ3v) is 3.86. The SMILES string of the molecule is CCCCc1ccc(NC(=O)CC(NCCC(C)C)C(=O)O)cc1. The molecular formula is C19H30N2O3. The monoisotopic (exact) mass is 334 g/mol. The summed E-state index contributed by atoms with van der Waals surface area (Å²) in [5, 5.41) is 14.9. The molecule has 1 aromatic carbocycles. The van der Waals surface area contributed by atoms with Gasteiger partial charge in [-0.1, -0.05) is 39.3 Å². The summed E-state index contributed by atoms with van der Waals surface area (Å²) in [5.41, 5.74) is 1.94. The van der Waals surface area contributed by atoms with Crippen LogP contribution in [0.25, 0.3) is 0 Å². The number of amides is 1. The van der Waals surface area contributed by atoms with Crippen LogP contribution in [0.1, 0.15) is 52.0 Å². The predicted octanol–water partition coefficient (Wildman–Crippen LogP) is 3.45. The van der Waals surface area contributed by atoms with Crippen molar-refractivity contribution in [1.82, 2.24) is 5.32 Å². The fourth-order valence-corrected chi connectivity index (χ4v) is 2.33. The molecule has 1 amide bonds. The molecule has 0 aromatic heterocycles. The van der Waals surface area contributed by atoms with Crippen LogP contribution in [0.5, 0.6) is 0 Å². The summed E-state index contributed by atoms with van der Waals surface area (Å²) in [6.45, 7) is 6.90. The molecule has 1 atom stereocenters. The molecular weight excluding hydrogens is 304 g/mol. The van der Waals surface area contributed by atoms with Gasteiger partial charge in [-0.3, -0.25) is 9.59 Å². The van der Waals surface area contributed by atoms with Crippen molar-refractivity contribution in [1.29, 1.82) is 0 Å². The first-order chi connectivity index (χ1) is 11.4. The first-order valence-corrected chi connectivity index (χ1v) is 8.77. The van der Waals surface area contributed by atoms with Crippen LogP contribution in [0.3, 0.4) is 0 Å². The Morgan fingerprint density at radius 3 is 2.38 bits per heavy atom. The number of carbonyl (C=O) groups is 2. The van der Waals surface area contributed by atoms with Crippen LogP contribution in [0, 0.1) is 5.92 Å². The average molecular weight is 334 g/mol. The predicted molar refractivity (Wildman–Crippen MR) is 97.2 cm³/mol. The number of carboxylic acids is 1. The standard InChI is InChI=1S/C19H30N2O3/c1-4-5-6-15-7-9-16(10-8-15)21-18(22)13-17(19(23)24)20-12-11-14(2)3/h7-10,14,17,20H,4-6,11-13H2,1-3H3,(H,21,22)(H,23,24). The van der Waals surface area contributed by atoms with E-state index < -0.39 is 12.0 Å². The van der Waals surface area contributed by atoms with Gasteiger partial charge in [-0.2, -0.15) is 0 Å². The van der Waals surface area contributed by atoms with Gasteiger partial charge in [0, 0.05) is 5.69 Å². The van der Waals surface area contributed by atoms with Crippen LogP contribution in [-0.4, -0.2) is 29.6 Å². The van der Waals surface area contributed by atoms with Crippen LogP contribution in [0.4, 0.5) is 5.69 Å². The van der Waals surface area contributed by atoms with Crippen molar-refractivity contribution < 1.29 is 14.7 Å². The highest BCUT2D eigenvalue weighted by Gasteiger charge is 2.20. The average Bonchev–Trinajstić information content (AvgIpc) is 2.52. The normalized spacial score (nSPS) is 12.2. The number of unbranched alkanes of at least 4 members (excludes halogenated alkanes) is 1. The maximum Gasteiger partial charge on any atom is 0.321 e. The van der Waals surface area contributed by atoms with Crippen LogP contribution >= 0.6 is 0 Å². The largest absolute Gasteiger partial charge is 0.480 e. The van der Waals surface area contributed by atoms with E-state index in [0.29, 0.717) is 18.2 Å². The molecule has 0 aliphatic carbocycles. The molecule has 1 aromatic rings. The number of carbonyl (C=O) groups excluding carboxylic acids is 1. The van der Waals surface area contributed by atoms with Gasteiger partial charge in [0.15, 0.2) is 0 Å². The van der Waals surface area contributed by atoms with Crippen molar-refractivity contribution in [3.8, 4) is 0 Å². The van der Waals surface area contributed by atoms with E-state index in [-0.39, 0.29) is 12.3 Å². The fourth-order valence-electron chi connectivity index (χ4n) is 2.33. The van der Waals surface area contributed by atoms with E-state index in [4.69, 9.17) is 0 Å². The van der Waals surface area contributed by atoms with Crippen molar-refractivity contribution in [3.05, 3.63) is 29.8 Å². The highest BCUT2D eigenvalue weighted by molar-refractivity contribution is 5.94. The third-order valence-electron chi connectivity index (χ3n) is 3.86. The van der Waals surface area contributed by atoms with Gasteiger partial charge < -0.3 is 15.7 Å². The smallest absolute Gasteiger partial charge is 0.321 e. The Hall–Kier alpha value is -1.88. The summed E-state index contributed by atoms with van der Waals surface area (Å²) in [5.74, 6) is -0.795. The molecule has 24 heavy (non-hydrogen) atoms. The number of benzene rings is 1. The Kier molecular flexibility index (Phi) is 9.08. The van der Waals surface area contributed by atoms with Gasteiger partial charge in [0.2, 0.25) is 5.91 Å². The maximum atomic E-state index is 12.1. The van der Waals surface area contributed by atoms with Gasteiger partial charge in [0.1, 0.15) is 6.04 Å². The number of anilines is 1. The molecule has 0 aliphatic rings. The lowest BCUT2D eigenvalue weighted by Gasteiger charge is -2.15. The summed E-state index contributed by atoms with van der Waals surface area (Å²) in [6.07, 6.45) is 4.13. The number of carboxylic acid groups (broad SMARTS) is 1. The Morgan fingerprint density at radius 1 is 1.17 bits per heavy atom.